The molecule has 5 nitrogen and oxygen atoms in total. The molecule has 10 rings (SSSR count). The average Bonchev–Trinajstić information content (AvgIpc) is 0.734. The van der Waals surface area contributed by atoms with Gasteiger partial charge in [-0.1, -0.05) is 201 Å². The zero-order valence-electron chi connectivity index (χ0n) is 88.5. The van der Waals surface area contributed by atoms with E-state index in [2.05, 4.69) is 19.1 Å². The SMILES string of the molecule is [2H]C(C)(C)c1cc(-c2ccccc2C)[n+](C)cc1C([2H])(C)C([2H])([2H])[2H].[2H]C([2H])(C)c1cc(-c2ccccc2C)[n+](C)cc1C([2H])(C)C([2H])([2H])[2H].[2H]C([2H])([2H])C([2H])(C)c1c[n+](C)c(-c2ccccc2C)cc1CC.[2H]C([2H])([2H])C([2H])(C)c1cc(-c2ccccc2C)[n+](C)cc1CC.[2H]C([2H])([2H])C([2H])([2H])c1c[n+](C)c(-c2ccccc2C)cc1C([2H])(C)C([2H])([2H])[2H]. The van der Waals surface area contributed by atoms with Gasteiger partial charge < -0.3 is 0 Å². The second kappa shape index (κ2) is 35.7. The van der Waals surface area contributed by atoms with Crippen LogP contribution >= 0.6 is 0 Å². The van der Waals surface area contributed by atoms with E-state index < -0.39 is 89.2 Å². The van der Waals surface area contributed by atoms with Crippen LogP contribution in [0.1, 0.15) is 268 Å². The summed E-state index contributed by atoms with van der Waals surface area (Å²) in [7, 11) is 9.14. The summed E-state index contributed by atoms with van der Waals surface area (Å²) < 4.78 is 232. The van der Waals surface area contributed by atoms with E-state index in [1.807, 2.05) is 210 Å². The molecule has 5 aromatic heterocycles. The lowest BCUT2D eigenvalue weighted by atomic mass is 9.90. The van der Waals surface area contributed by atoms with Crippen molar-refractivity contribution in [2.75, 3.05) is 0 Å². The highest BCUT2D eigenvalue weighted by Gasteiger charge is 2.24. The second-order valence-corrected chi connectivity index (χ2v) is 25.0. The zero-order chi connectivity index (χ0) is 94.9. The highest BCUT2D eigenvalue weighted by molar-refractivity contribution is 5.66. The lowest BCUT2D eigenvalue weighted by Gasteiger charge is -2.16. The molecule has 0 bridgehead atoms. The van der Waals surface area contributed by atoms with Gasteiger partial charge in [0, 0.05) is 124 Å². The van der Waals surface area contributed by atoms with Crippen molar-refractivity contribution < 1.29 is 61.2 Å². The Morgan fingerprint density at radius 1 is 0.302 bits per heavy atom. The minimum absolute atomic E-state index is 0.162. The van der Waals surface area contributed by atoms with Crippen molar-refractivity contribution in [1.82, 2.24) is 0 Å². The minimum Gasteiger partial charge on any atom is -0.201 e. The molecule has 0 spiro atoms. The molecule has 5 atom stereocenters. The number of hydrogen-bond acceptors (Lipinski definition) is 0. The first kappa shape index (κ1) is 45.4. The van der Waals surface area contributed by atoms with E-state index in [9.17, 15) is 0 Å². The van der Waals surface area contributed by atoms with Crippen LogP contribution in [0.3, 0.4) is 0 Å². The van der Waals surface area contributed by atoms with Gasteiger partial charge in [0.1, 0.15) is 35.2 Å². The first-order valence-corrected chi connectivity index (χ1v) is 32.7. The zero-order valence-corrected chi connectivity index (χ0v) is 60.5. The van der Waals surface area contributed by atoms with Crippen LogP contribution in [0.2, 0.25) is 0 Å². The summed E-state index contributed by atoms with van der Waals surface area (Å²) in [6.07, 6.45) is 5.13. The molecule has 5 unspecified atom stereocenters. The van der Waals surface area contributed by atoms with Gasteiger partial charge >= 0.3 is 0 Å². The number of nitrogens with zero attached hydrogens (tertiary/aromatic N) is 5. The van der Waals surface area contributed by atoms with Crippen molar-refractivity contribution in [2.24, 2.45) is 35.2 Å². The third kappa shape index (κ3) is 19.3. The number of pyridine rings is 5. The largest absolute Gasteiger partial charge is 0.212 e. The van der Waals surface area contributed by atoms with Crippen molar-refractivity contribution in [3.05, 3.63) is 266 Å². The monoisotopic (exact) mass is 1310 g/mol. The Morgan fingerprint density at radius 3 is 0.896 bits per heavy atom. The Bertz CT molecular complexity index is 5300. The van der Waals surface area contributed by atoms with Gasteiger partial charge in [-0.25, -0.2) is 22.8 Å². The van der Waals surface area contributed by atoms with Gasteiger partial charge in [-0.05, 0) is 182 Å². The minimum atomic E-state index is -3.02. The molecule has 0 aliphatic rings. The topological polar surface area (TPSA) is 19.4 Å². The van der Waals surface area contributed by atoms with Crippen molar-refractivity contribution in [1.29, 1.82) is 0 Å². The van der Waals surface area contributed by atoms with E-state index in [0.717, 1.165) is 90.9 Å². The van der Waals surface area contributed by atoms with Crippen molar-refractivity contribution in [3.8, 4) is 56.3 Å². The van der Waals surface area contributed by atoms with E-state index in [1.54, 1.807) is 61.7 Å². The molecule has 0 aliphatic heterocycles. The molecular weight excluding hydrogens is 1160 g/mol. The predicted molar refractivity (Wildman–Crippen MR) is 411 cm³/mol. The molecule has 0 saturated carbocycles. The van der Waals surface area contributed by atoms with Gasteiger partial charge in [0.25, 0.3) is 0 Å². The van der Waals surface area contributed by atoms with Gasteiger partial charge in [0.15, 0.2) is 31.0 Å². The van der Waals surface area contributed by atoms with Crippen LogP contribution in [0.25, 0.3) is 56.3 Å². The Morgan fingerprint density at radius 2 is 0.573 bits per heavy atom. The molecule has 0 fully saturated rings. The summed E-state index contributed by atoms with van der Waals surface area (Å²) in [4.78, 5) is 0. The van der Waals surface area contributed by atoms with Crippen LogP contribution in [0, 0.1) is 34.6 Å². The van der Waals surface area contributed by atoms with Gasteiger partial charge in [-0.2, -0.15) is 0 Å². The molecule has 5 heterocycles. The van der Waals surface area contributed by atoms with Crippen LogP contribution in [0.15, 0.2) is 183 Å². The molecule has 96 heavy (non-hydrogen) atoms. The third-order valence-corrected chi connectivity index (χ3v) is 17.4. The van der Waals surface area contributed by atoms with Gasteiger partial charge in [0.05, 0.1) is 0 Å². The predicted octanol–water partition coefficient (Wildman–Crippen LogP) is 21.4. The van der Waals surface area contributed by atoms with Crippen LogP contribution in [0.4, 0.5) is 0 Å². The molecule has 0 amide bonds. The fraction of sp³-hybridized carbons (Fsp3) is 0.396. The molecule has 0 N–H and O–H groups in total. The van der Waals surface area contributed by atoms with Crippen molar-refractivity contribution in [2.45, 2.75) is 206 Å². The fourth-order valence-corrected chi connectivity index (χ4v) is 11.9. The van der Waals surface area contributed by atoms with E-state index >= 15 is 0 Å². The summed E-state index contributed by atoms with van der Waals surface area (Å²) in [6, 6.07) is 48.1. The molecule has 506 valence electrons. The molecule has 0 radical (unpaired) electrons. The number of hydrogen-bond donors (Lipinski definition) is 0. The normalized spacial score (nSPS) is 19.7. The maximum Gasteiger partial charge on any atom is 0.212 e. The van der Waals surface area contributed by atoms with Crippen molar-refractivity contribution in [3.63, 3.8) is 0 Å². The van der Waals surface area contributed by atoms with Gasteiger partial charge in [0.2, 0.25) is 28.5 Å². The maximum atomic E-state index is 8.51. The Kier molecular flexibility index (Phi) is 16.9. The van der Waals surface area contributed by atoms with E-state index in [4.69, 9.17) is 38.4 Å². The summed E-state index contributed by atoms with van der Waals surface area (Å²) in [5.74, 6) is -10.2. The standard InChI is InChI=1S/C19H26N.4C18H24N/c1-13(2)17-11-19(16-10-8-7-9-15(16)5)20(6)12-18(17)14(3)4;2*1-6-15-12-19(5)18(11-17(15)13(2)3)16-10-8-7-9-14(16)4;2*1-6-15-11-18(16-10-8-7-9-14(16)4)19(5)12-17(15)13(2)3/h7-14H,1-6H3;4*7-13H,6H2,1-5H3/q5*+1/i3D3,13D,14D;1D3,2D3,6D2,13D;2D3,13D;2D3,6D2,13D;2D3,13D. The molecule has 0 aliphatic carbocycles. The average molecular weight is 1310 g/mol. The van der Waals surface area contributed by atoms with Crippen LogP contribution in [0.5, 0.6) is 0 Å². The Hall–Kier alpha value is -8.15. The lowest BCUT2D eigenvalue weighted by molar-refractivity contribution is -0.661. The first-order chi connectivity index (χ1) is 56.2. The van der Waals surface area contributed by atoms with Crippen LogP contribution in [-0.2, 0) is 60.8 Å². The number of rotatable bonds is 15. The second-order valence-electron chi connectivity index (χ2n) is 25.0. The lowest BCUT2D eigenvalue weighted by Crippen LogP contribution is -2.32. The first-order valence-electron chi connectivity index (χ1n) is 46.7. The summed E-state index contributed by atoms with van der Waals surface area (Å²) >= 11 is 0. The molecule has 10 aromatic rings. The number of aromatic nitrogens is 5. The van der Waals surface area contributed by atoms with E-state index in [1.165, 1.54) is 52.4 Å². The highest BCUT2D eigenvalue weighted by Crippen LogP contribution is 2.33. The van der Waals surface area contributed by atoms with E-state index in [-0.39, 0.29) is 22.3 Å². The summed E-state index contributed by atoms with van der Waals surface area (Å²) in [6.45, 7) is 10.0. The van der Waals surface area contributed by atoms with E-state index in [0.29, 0.717) is 40.8 Å². The van der Waals surface area contributed by atoms with Gasteiger partial charge in [-0.3, -0.25) is 0 Å². The Balaban J connectivity index is 0.000000240. The molecule has 5 heteroatoms. The third-order valence-electron chi connectivity index (χ3n) is 17.4. The fourth-order valence-electron chi connectivity index (χ4n) is 11.9. The Labute approximate surface area is 623 Å². The smallest absolute Gasteiger partial charge is 0.201 e. The molecule has 5 aromatic carbocycles. The van der Waals surface area contributed by atoms with Crippen LogP contribution in [-0.4, -0.2) is 0 Å². The molecular formula is C91H122N5+5. The van der Waals surface area contributed by atoms with Crippen molar-refractivity contribution >= 4 is 0 Å². The van der Waals surface area contributed by atoms with Gasteiger partial charge in [-0.15, -0.1) is 0 Å². The summed E-state index contributed by atoms with van der Waals surface area (Å²) in [5.41, 5.74) is 18.3. The van der Waals surface area contributed by atoms with Crippen LogP contribution < -0.4 is 22.8 Å². The summed E-state index contributed by atoms with van der Waals surface area (Å²) in [5, 5.41) is 0. The maximum absolute atomic E-state index is 8.51. The number of benzene rings is 5. The quantitative estimate of drug-likeness (QED) is 0.0912. The highest BCUT2D eigenvalue weighted by atomic mass is 14.9. The number of aryl methyl sites for hydroxylation is 14. The molecule has 0 saturated heterocycles.